The third-order valence-electron chi connectivity index (χ3n) is 2.90. The summed E-state index contributed by atoms with van der Waals surface area (Å²) in [6.07, 6.45) is -0.169. The number of hydrogen-bond donors (Lipinski definition) is 3. The summed E-state index contributed by atoms with van der Waals surface area (Å²) in [6.45, 7) is 3.34. The lowest BCUT2D eigenvalue weighted by Gasteiger charge is -2.15. The molecule has 8 heteroatoms. The number of amides is 2. The quantitative estimate of drug-likeness (QED) is 0.545. The van der Waals surface area contributed by atoms with Gasteiger partial charge in [0.2, 0.25) is 0 Å². The lowest BCUT2D eigenvalue weighted by atomic mass is 10.1. The number of aryl methyl sites for hydroxylation is 1. The Hall–Kier alpha value is -2.64. The molecule has 21 heavy (non-hydrogen) atoms. The van der Waals surface area contributed by atoms with E-state index in [9.17, 15) is 19.7 Å². The summed E-state index contributed by atoms with van der Waals surface area (Å²) in [6, 6.07) is 3.77. The van der Waals surface area contributed by atoms with Crippen LogP contribution in [0.4, 0.5) is 10.5 Å². The molecule has 0 aromatic heterocycles. The highest BCUT2D eigenvalue weighted by atomic mass is 16.6. The van der Waals surface area contributed by atoms with Gasteiger partial charge in [0, 0.05) is 18.2 Å². The fraction of sp³-hybridized carbons (Fsp3) is 0.385. The molecule has 1 aromatic rings. The Morgan fingerprint density at radius 2 is 2.10 bits per heavy atom. The Labute approximate surface area is 121 Å². The predicted molar refractivity (Wildman–Crippen MR) is 75.0 cm³/mol. The second kappa shape index (κ2) is 7.22. The summed E-state index contributed by atoms with van der Waals surface area (Å²) in [5.74, 6) is -1.00. The van der Waals surface area contributed by atoms with Gasteiger partial charge in [-0.2, -0.15) is 0 Å². The van der Waals surface area contributed by atoms with E-state index < -0.39 is 23.0 Å². The Morgan fingerprint density at radius 1 is 1.43 bits per heavy atom. The van der Waals surface area contributed by atoms with E-state index in [2.05, 4.69) is 10.6 Å². The fourth-order valence-electron chi connectivity index (χ4n) is 1.71. The van der Waals surface area contributed by atoms with Crippen LogP contribution in [0.15, 0.2) is 18.2 Å². The average molecular weight is 295 g/mol. The van der Waals surface area contributed by atoms with Gasteiger partial charge in [0.25, 0.3) is 5.69 Å². The highest BCUT2D eigenvalue weighted by Gasteiger charge is 2.15. The monoisotopic (exact) mass is 295 g/mol. The van der Waals surface area contributed by atoms with Crippen LogP contribution in [0.3, 0.4) is 0 Å². The van der Waals surface area contributed by atoms with Crippen molar-refractivity contribution in [2.24, 2.45) is 0 Å². The lowest BCUT2D eigenvalue weighted by molar-refractivity contribution is -0.385. The second-order valence-electron chi connectivity index (χ2n) is 4.57. The molecule has 2 amide bonds. The van der Waals surface area contributed by atoms with Crippen molar-refractivity contribution in [1.82, 2.24) is 10.6 Å². The molecule has 1 unspecified atom stereocenters. The van der Waals surface area contributed by atoms with Gasteiger partial charge >= 0.3 is 12.0 Å². The third-order valence-corrected chi connectivity index (χ3v) is 2.90. The van der Waals surface area contributed by atoms with Gasteiger partial charge < -0.3 is 15.7 Å². The van der Waals surface area contributed by atoms with Crippen LogP contribution in [0, 0.1) is 17.0 Å². The molecule has 0 saturated heterocycles. The topological polar surface area (TPSA) is 122 Å². The van der Waals surface area contributed by atoms with Gasteiger partial charge in [-0.05, 0) is 19.4 Å². The average Bonchev–Trinajstić information content (AvgIpc) is 2.38. The number of nitro benzene ring substituents is 1. The van der Waals surface area contributed by atoms with E-state index in [0.29, 0.717) is 11.1 Å². The van der Waals surface area contributed by atoms with Gasteiger partial charge in [-0.15, -0.1) is 0 Å². The molecule has 8 nitrogen and oxygen atoms in total. The molecular formula is C13H17N3O5. The molecule has 0 aliphatic rings. The number of nitrogens with zero attached hydrogens (tertiary/aromatic N) is 1. The molecule has 0 spiro atoms. The Morgan fingerprint density at radius 3 is 2.67 bits per heavy atom. The van der Waals surface area contributed by atoms with Gasteiger partial charge in [-0.25, -0.2) is 4.79 Å². The molecule has 0 fully saturated rings. The predicted octanol–water partition coefficient (Wildman–Crippen LogP) is 1.74. The lowest BCUT2D eigenvalue weighted by Crippen LogP contribution is -2.38. The summed E-state index contributed by atoms with van der Waals surface area (Å²) < 4.78 is 0. The van der Waals surface area contributed by atoms with E-state index in [1.807, 2.05) is 0 Å². The summed E-state index contributed by atoms with van der Waals surface area (Å²) in [5.41, 5.74) is 1.13. The zero-order valence-corrected chi connectivity index (χ0v) is 11.8. The van der Waals surface area contributed by atoms with Crippen molar-refractivity contribution in [3.63, 3.8) is 0 Å². The molecule has 1 aromatic carbocycles. The molecule has 1 atom stereocenters. The number of carboxylic acid groups (broad SMARTS) is 1. The van der Waals surface area contributed by atoms with Crippen molar-refractivity contribution in [3.05, 3.63) is 39.4 Å². The van der Waals surface area contributed by atoms with E-state index in [1.165, 1.54) is 6.07 Å². The maximum absolute atomic E-state index is 11.5. The molecule has 1 rings (SSSR count). The molecule has 3 N–H and O–H groups in total. The smallest absolute Gasteiger partial charge is 0.315 e. The number of benzene rings is 1. The Balaban J connectivity index is 2.65. The second-order valence-corrected chi connectivity index (χ2v) is 4.57. The van der Waals surface area contributed by atoms with E-state index in [4.69, 9.17) is 5.11 Å². The van der Waals surface area contributed by atoms with Gasteiger partial charge in [-0.3, -0.25) is 14.9 Å². The summed E-state index contributed by atoms with van der Waals surface area (Å²) in [4.78, 5) is 32.3. The minimum Gasteiger partial charge on any atom is -0.481 e. The molecule has 0 saturated carbocycles. The fourth-order valence-corrected chi connectivity index (χ4v) is 1.71. The van der Waals surface area contributed by atoms with Crippen LogP contribution in [-0.4, -0.2) is 28.6 Å². The first-order chi connectivity index (χ1) is 9.81. The maximum atomic E-state index is 11.5. The first kappa shape index (κ1) is 16.4. The number of carbonyl (C=O) groups is 2. The molecule has 0 radical (unpaired) electrons. The van der Waals surface area contributed by atoms with Crippen molar-refractivity contribution in [3.8, 4) is 0 Å². The van der Waals surface area contributed by atoms with Gasteiger partial charge in [0.1, 0.15) is 0 Å². The van der Waals surface area contributed by atoms with Crippen LogP contribution in [0.5, 0.6) is 0 Å². The number of nitro groups is 1. The van der Waals surface area contributed by atoms with Gasteiger partial charge in [0.15, 0.2) is 0 Å². The van der Waals surface area contributed by atoms with Crippen molar-refractivity contribution >= 4 is 17.7 Å². The van der Waals surface area contributed by atoms with Gasteiger partial charge in [-0.1, -0.05) is 12.1 Å². The molecular weight excluding hydrogens is 278 g/mol. The minimum absolute atomic E-state index is 0.00700. The van der Waals surface area contributed by atoms with Crippen LogP contribution >= 0.6 is 0 Å². The zero-order valence-electron chi connectivity index (χ0n) is 11.8. The highest BCUT2D eigenvalue weighted by molar-refractivity contribution is 5.75. The molecule has 0 aliphatic heterocycles. The van der Waals surface area contributed by atoms with Crippen LogP contribution in [0.1, 0.15) is 30.5 Å². The minimum atomic E-state index is -1.00. The largest absolute Gasteiger partial charge is 0.481 e. The van der Waals surface area contributed by atoms with Crippen LogP contribution in [0.2, 0.25) is 0 Å². The van der Waals surface area contributed by atoms with E-state index in [0.717, 1.165) is 0 Å². The summed E-state index contributed by atoms with van der Waals surface area (Å²) in [5, 5.41) is 24.3. The summed E-state index contributed by atoms with van der Waals surface area (Å²) in [7, 11) is 0. The Kier molecular flexibility index (Phi) is 5.65. The first-order valence-corrected chi connectivity index (χ1v) is 6.32. The Bertz CT molecular complexity index is 559. The van der Waals surface area contributed by atoms with E-state index >= 15 is 0 Å². The van der Waals surface area contributed by atoms with Crippen molar-refractivity contribution in [2.75, 3.05) is 6.54 Å². The van der Waals surface area contributed by atoms with Crippen LogP contribution < -0.4 is 10.6 Å². The number of aliphatic carboxylic acids is 1. The number of nitrogens with one attached hydrogen (secondary N) is 2. The van der Waals surface area contributed by atoms with Gasteiger partial charge in [0.05, 0.1) is 17.4 Å². The van der Waals surface area contributed by atoms with E-state index in [-0.39, 0.29) is 18.7 Å². The molecule has 0 heterocycles. The number of hydrogen-bond acceptors (Lipinski definition) is 4. The number of carboxylic acids is 1. The van der Waals surface area contributed by atoms with Crippen LogP contribution in [-0.2, 0) is 4.79 Å². The van der Waals surface area contributed by atoms with E-state index in [1.54, 1.807) is 26.0 Å². The van der Waals surface area contributed by atoms with Crippen LogP contribution in [0.25, 0.3) is 0 Å². The zero-order chi connectivity index (χ0) is 16.0. The number of rotatable bonds is 6. The van der Waals surface area contributed by atoms with Crippen molar-refractivity contribution in [2.45, 2.75) is 26.3 Å². The molecule has 0 aliphatic carbocycles. The maximum Gasteiger partial charge on any atom is 0.315 e. The third kappa shape index (κ3) is 5.09. The standard InChI is InChI=1S/C13H17N3O5/c1-8-3-4-10(7-11(8)16(20)21)9(2)15-13(19)14-6-5-12(17)18/h3-4,7,9H,5-6H2,1-2H3,(H,17,18)(H2,14,15,19). The molecule has 114 valence electrons. The number of carbonyl (C=O) groups excluding carboxylic acids is 1. The number of urea groups is 1. The normalized spacial score (nSPS) is 11.5. The summed E-state index contributed by atoms with van der Waals surface area (Å²) >= 11 is 0. The first-order valence-electron chi connectivity index (χ1n) is 6.32. The highest BCUT2D eigenvalue weighted by Crippen LogP contribution is 2.23. The van der Waals surface area contributed by atoms with Crippen molar-refractivity contribution in [1.29, 1.82) is 0 Å². The molecule has 0 bridgehead atoms. The SMILES string of the molecule is Cc1ccc(C(C)NC(=O)NCCC(=O)O)cc1[N+](=O)[O-]. The van der Waals surface area contributed by atoms with Crippen molar-refractivity contribution < 1.29 is 19.6 Å².